The molecule has 0 aliphatic heterocycles. The Balaban J connectivity index is 1.59. The summed E-state index contributed by atoms with van der Waals surface area (Å²) in [6, 6.07) is 22.0. The molecule has 0 bridgehead atoms. The third-order valence-electron chi connectivity index (χ3n) is 5.27. The van der Waals surface area contributed by atoms with Crippen molar-refractivity contribution in [1.82, 2.24) is 19.2 Å². The van der Waals surface area contributed by atoms with E-state index in [1.807, 2.05) is 47.9 Å². The number of sulfonamides is 1. The molecule has 3 aromatic carbocycles. The number of hydrogen-bond acceptors (Lipinski definition) is 4. The van der Waals surface area contributed by atoms with Crippen LogP contribution >= 0.6 is 0 Å². The minimum absolute atomic E-state index is 0.0948. The van der Waals surface area contributed by atoms with Crippen LogP contribution in [-0.2, 0) is 16.6 Å². The summed E-state index contributed by atoms with van der Waals surface area (Å²) in [7, 11) is -0.643. The number of rotatable bonds is 6. The average Bonchev–Trinajstić information content (AvgIpc) is 3.12. The van der Waals surface area contributed by atoms with Crippen LogP contribution in [0.5, 0.6) is 0 Å². The Morgan fingerprint density at radius 2 is 1.69 bits per heavy atom. The van der Waals surface area contributed by atoms with Gasteiger partial charge in [-0.3, -0.25) is 9.36 Å². The first-order valence-corrected chi connectivity index (χ1v) is 11.6. The Bertz CT molecular complexity index is 1390. The molecule has 0 atom stereocenters. The van der Waals surface area contributed by atoms with E-state index in [9.17, 15) is 13.2 Å². The van der Waals surface area contributed by atoms with Crippen molar-refractivity contribution < 1.29 is 13.2 Å². The Labute approximate surface area is 187 Å². The smallest absolute Gasteiger partial charge is 0.251 e. The molecule has 1 aromatic heterocycles. The molecule has 0 aliphatic rings. The highest BCUT2D eigenvalue weighted by Crippen LogP contribution is 2.23. The van der Waals surface area contributed by atoms with E-state index in [0.717, 1.165) is 26.9 Å². The van der Waals surface area contributed by atoms with Gasteiger partial charge in [0.1, 0.15) is 5.82 Å². The van der Waals surface area contributed by atoms with Gasteiger partial charge in [-0.2, -0.15) is 0 Å². The third kappa shape index (κ3) is 4.02. The zero-order valence-corrected chi connectivity index (χ0v) is 18.9. The van der Waals surface area contributed by atoms with Crippen molar-refractivity contribution in [3.05, 3.63) is 89.7 Å². The van der Waals surface area contributed by atoms with Crippen molar-refractivity contribution in [1.29, 1.82) is 0 Å². The van der Waals surface area contributed by atoms with Crippen LogP contribution in [0.2, 0.25) is 0 Å². The number of benzene rings is 3. The summed E-state index contributed by atoms with van der Waals surface area (Å²) in [5.41, 5.74) is 3.62. The monoisotopic (exact) mass is 448 g/mol. The number of fused-ring (bicyclic) bond motifs is 1. The van der Waals surface area contributed by atoms with Gasteiger partial charge in [0.2, 0.25) is 10.0 Å². The fourth-order valence-electron chi connectivity index (χ4n) is 3.62. The van der Waals surface area contributed by atoms with Crippen LogP contribution in [0.3, 0.4) is 0 Å². The summed E-state index contributed by atoms with van der Waals surface area (Å²) >= 11 is 0. The zero-order valence-electron chi connectivity index (χ0n) is 18.1. The van der Waals surface area contributed by atoms with Crippen LogP contribution < -0.4 is 5.32 Å². The van der Waals surface area contributed by atoms with Crippen LogP contribution in [-0.4, -0.2) is 42.3 Å². The predicted molar refractivity (Wildman–Crippen MR) is 124 cm³/mol. The van der Waals surface area contributed by atoms with Crippen molar-refractivity contribution in [2.45, 2.75) is 18.4 Å². The highest BCUT2D eigenvalue weighted by Gasteiger charge is 2.21. The van der Waals surface area contributed by atoms with Crippen molar-refractivity contribution >= 4 is 27.0 Å². The van der Waals surface area contributed by atoms with Crippen molar-refractivity contribution in [3.63, 3.8) is 0 Å². The minimum Gasteiger partial charge on any atom is -0.348 e. The minimum atomic E-state index is -3.61. The van der Waals surface area contributed by atoms with E-state index in [2.05, 4.69) is 10.3 Å². The standard InChI is InChI=1S/C24H24N4O3S/c1-17-26-21-15-18(13-14-22(21)28(17)20-10-5-4-6-11-20)24(29)25-16-19-9-7-8-12-23(19)32(30,31)27(2)3/h4-15H,16H2,1-3H3,(H,25,29). The van der Waals surface area contributed by atoms with Crippen LogP contribution in [0.4, 0.5) is 0 Å². The fraction of sp³-hybridized carbons (Fsp3) is 0.167. The van der Waals surface area contributed by atoms with Crippen LogP contribution in [0, 0.1) is 6.92 Å². The predicted octanol–water partition coefficient (Wildman–Crippen LogP) is 3.51. The van der Waals surface area contributed by atoms with E-state index < -0.39 is 10.0 Å². The molecule has 0 aliphatic carbocycles. The largest absolute Gasteiger partial charge is 0.348 e. The molecular weight excluding hydrogens is 424 g/mol. The summed E-state index contributed by atoms with van der Waals surface area (Å²) < 4.78 is 28.3. The highest BCUT2D eigenvalue weighted by molar-refractivity contribution is 7.89. The molecule has 164 valence electrons. The Morgan fingerprint density at radius 1 is 1.00 bits per heavy atom. The summed E-state index contributed by atoms with van der Waals surface area (Å²) in [6.07, 6.45) is 0. The van der Waals surface area contributed by atoms with E-state index in [4.69, 9.17) is 0 Å². The van der Waals surface area contributed by atoms with Gasteiger partial charge in [0.15, 0.2) is 0 Å². The third-order valence-corrected chi connectivity index (χ3v) is 7.18. The van der Waals surface area contributed by atoms with Crippen LogP contribution in [0.15, 0.2) is 77.7 Å². The van der Waals surface area contributed by atoms with E-state index in [1.165, 1.54) is 14.1 Å². The van der Waals surface area contributed by atoms with Crippen LogP contribution in [0.25, 0.3) is 16.7 Å². The average molecular weight is 449 g/mol. The molecule has 0 unspecified atom stereocenters. The number of nitrogens with one attached hydrogen (secondary N) is 1. The molecule has 0 fully saturated rings. The lowest BCUT2D eigenvalue weighted by Gasteiger charge is -2.15. The molecule has 32 heavy (non-hydrogen) atoms. The van der Waals surface area contributed by atoms with E-state index >= 15 is 0 Å². The second kappa shape index (κ2) is 8.57. The number of carbonyl (C=O) groups excluding carboxylic acids is 1. The first-order valence-electron chi connectivity index (χ1n) is 10.1. The van der Waals surface area contributed by atoms with Gasteiger partial charge in [0.05, 0.1) is 15.9 Å². The quantitative estimate of drug-likeness (QED) is 0.489. The van der Waals surface area contributed by atoms with Gasteiger partial charge in [0, 0.05) is 31.9 Å². The maximum Gasteiger partial charge on any atom is 0.251 e. The van der Waals surface area contributed by atoms with Gasteiger partial charge in [-0.25, -0.2) is 17.7 Å². The van der Waals surface area contributed by atoms with Crippen LogP contribution in [0.1, 0.15) is 21.7 Å². The Kier molecular flexibility index (Phi) is 5.82. The van der Waals surface area contributed by atoms with Gasteiger partial charge in [-0.05, 0) is 48.9 Å². The molecule has 0 saturated carbocycles. The molecule has 0 radical (unpaired) electrons. The van der Waals surface area contributed by atoms with Gasteiger partial charge in [0.25, 0.3) is 5.91 Å². The van der Waals surface area contributed by atoms with Gasteiger partial charge in [-0.1, -0.05) is 36.4 Å². The molecule has 1 amide bonds. The molecular formula is C24H24N4O3S. The molecule has 1 N–H and O–H groups in total. The maximum absolute atomic E-state index is 12.8. The lowest BCUT2D eigenvalue weighted by molar-refractivity contribution is 0.0950. The number of amides is 1. The molecule has 7 nitrogen and oxygen atoms in total. The van der Waals surface area contributed by atoms with E-state index in [1.54, 1.807) is 36.4 Å². The first kappa shape index (κ1) is 21.7. The number of aromatic nitrogens is 2. The zero-order chi connectivity index (χ0) is 22.9. The lowest BCUT2D eigenvalue weighted by atomic mass is 10.1. The van der Waals surface area contributed by atoms with Gasteiger partial charge >= 0.3 is 0 Å². The number of para-hydroxylation sites is 1. The molecule has 0 saturated heterocycles. The Hall–Kier alpha value is -3.49. The molecule has 4 aromatic rings. The van der Waals surface area contributed by atoms with E-state index in [0.29, 0.717) is 11.1 Å². The summed E-state index contributed by atoms with van der Waals surface area (Å²) in [4.78, 5) is 17.6. The number of hydrogen-bond donors (Lipinski definition) is 1. The highest BCUT2D eigenvalue weighted by atomic mass is 32.2. The number of carbonyl (C=O) groups is 1. The van der Waals surface area contributed by atoms with E-state index in [-0.39, 0.29) is 17.3 Å². The molecule has 1 heterocycles. The van der Waals surface area contributed by atoms with Crippen molar-refractivity contribution in [2.75, 3.05) is 14.1 Å². The SMILES string of the molecule is Cc1nc2cc(C(=O)NCc3ccccc3S(=O)(=O)N(C)C)ccc2n1-c1ccccc1. The second-order valence-electron chi connectivity index (χ2n) is 7.61. The number of nitrogens with zero attached hydrogens (tertiary/aromatic N) is 3. The maximum atomic E-state index is 12.8. The molecule has 4 rings (SSSR count). The second-order valence-corrected chi connectivity index (χ2v) is 9.73. The number of aryl methyl sites for hydroxylation is 1. The lowest BCUT2D eigenvalue weighted by Crippen LogP contribution is -2.27. The summed E-state index contributed by atoms with van der Waals surface area (Å²) in [6.45, 7) is 2.02. The molecule has 0 spiro atoms. The van der Waals surface area contributed by atoms with Crippen molar-refractivity contribution in [2.24, 2.45) is 0 Å². The van der Waals surface area contributed by atoms with Gasteiger partial charge < -0.3 is 5.32 Å². The normalized spacial score (nSPS) is 11.8. The Morgan fingerprint density at radius 3 is 2.41 bits per heavy atom. The number of imidazole rings is 1. The summed E-state index contributed by atoms with van der Waals surface area (Å²) in [5.74, 6) is 0.530. The molecule has 8 heteroatoms. The topological polar surface area (TPSA) is 84.3 Å². The van der Waals surface area contributed by atoms with Gasteiger partial charge in [-0.15, -0.1) is 0 Å². The van der Waals surface area contributed by atoms with Crippen molar-refractivity contribution in [3.8, 4) is 5.69 Å². The first-order chi connectivity index (χ1) is 15.3. The summed E-state index contributed by atoms with van der Waals surface area (Å²) in [5, 5.41) is 2.83. The fourth-order valence-corrected chi connectivity index (χ4v) is 4.74.